The highest BCUT2D eigenvalue weighted by molar-refractivity contribution is 7.07. The van der Waals surface area contributed by atoms with Crippen LogP contribution in [-0.2, 0) is 20.7 Å². The van der Waals surface area contributed by atoms with Gasteiger partial charge in [-0.05, 0) is 46.7 Å². The van der Waals surface area contributed by atoms with Crippen molar-refractivity contribution in [3.8, 4) is 5.75 Å². The summed E-state index contributed by atoms with van der Waals surface area (Å²) in [5, 5.41) is 6.01. The second-order valence-corrected chi connectivity index (χ2v) is 5.37. The van der Waals surface area contributed by atoms with E-state index in [0.717, 1.165) is 17.7 Å². The van der Waals surface area contributed by atoms with Crippen LogP contribution in [0.4, 0.5) is 18.9 Å². The Balaban J connectivity index is 1.76. The standard InChI is InChI=1S/C15H12F3NO4S/c16-15(17,18)23-12-3-1-11(2-4-12)19-13(20)8-22-14(21)7-10-5-6-24-9-10/h1-6,9H,7-8H2,(H,19,20). The van der Waals surface area contributed by atoms with Gasteiger partial charge in [0, 0.05) is 5.69 Å². The number of alkyl halides is 3. The molecule has 2 aromatic rings. The Bertz CT molecular complexity index is 684. The lowest BCUT2D eigenvalue weighted by Crippen LogP contribution is -2.21. The van der Waals surface area contributed by atoms with Gasteiger partial charge in [0.2, 0.25) is 0 Å². The van der Waals surface area contributed by atoms with Crippen molar-refractivity contribution in [2.45, 2.75) is 12.8 Å². The number of esters is 1. The predicted molar refractivity (Wildman–Crippen MR) is 80.7 cm³/mol. The third kappa shape index (κ3) is 6.29. The van der Waals surface area contributed by atoms with Crippen molar-refractivity contribution in [3.63, 3.8) is 0 Å². The summed E-state index contributed by atoms with van der Waals surface area (Å²) in [5.41, 5.74) is 1.05. The third-order valence-corrected chi connectivity index (χ3v) is 3.40. The van der Waals surface area contributed by atoms with Crippen LogP contribution in [0.25, 0.3) is 0 Å². The number of benzene rings is 1. The van der Waals surface area contributed by atoms with Gasteiger partial charge in [-0.3, -0.25) is 9.59 Å². The molecule has 1 aromatic heterocycles. The molecule has 128 valence electrons. The molecule has 5 nitrogen and oxygen atoms in total. The lowest BCUT2D eigenvalue weighted by atomic mass is 10.2. The van der Waals surface area contributed by atoms with Crippen molar-refractivity contribution < 1.29 is 32.2 Å². The van der Waals surface area contributed by atoms with Crippen molar-refractivity contribution in [2.24, 2.45) is 0 Å². The molecule has 0 spiro atoms. The number of nitrogens with one attached hydrogen (secondary N) is 1. The molecule has 1 N–H and O–H groups in total. The SMILES string of the molecule is O=C(COC(=O)Cc1ccsc1)Nc1ccc(OC(F)(F)F)cc1. The Kier molecular flexibility index (Phi) is 5.80. The Morgan fingerprint density at radius 1 is 1.12 bits per heavy atom. The van der Waals surface area contributed by atoms with E-state index in [9.17, 15) is 22.8 Å². The fourth-order valence-corrected chi connectivity index (χ4v) is 2.36. The van der Waals surface area contributed by atoms with Crippen LogP contribution in [0.15, 0.2) is 41.1 Å². The van der Waals surface area contributed by atoms with Crippen LogP contribution in [0.5, 0.6) is 5.75 Å². The number of carbonyl (C=O) groups excluding carboxylic acids is 2. The summed E-state index contributed by atoms with van der Waals surface area (Å²) in [7, 11) is 0. The Hall–Kier alpha value is -2.55. The summed E-state index contributed by atoms with van der Waals surface area (Å²) < 4.78 is 44.6. The number of thiophene rings is 1. The van der Waals surface area contributed by atoms with Crippen molar-refractivity contribution in [1.82, 2.24) is 0 Å². The molecule has 1 aromatic carbocycles. The highest BCUT2D eigenvalue weighted by Gasteiger charge is 2.30. The lowest BCUT2D eigenvalue weighted by molar-refractivity contribution is -0.274. The van der Waals surface area contributed by atoms with Gasteiger partial charge >= 0.3 is 12.3 Å². The van der Waals surface area contributed by atoms with Crippen molar-refractivity contribution in [2.75, 3.05) is 11.9 Å². The Labute approximate surface area is 139 Å². The summed E-state index contributed by atoms with van der Waals surface area (Å²) in [5.74, 6) is -1.54. The summed E-state index contributed by atoms with van der Waals surface area (Å²) >= 11 is 1.44. The maximum atomic E-state index is 12.0. The van der Waals surface area contributed by atoms with Gasteiger partial charge in [0.15, 0.2) is 6.61 Å². The summed E-state index contributed by atoms with van der Waals surface area (Å²) in [6, 6.07) is 6.38. The topological polar surface area (TPSA) is 64.6 Å². The summed E-state index contributed by atoms with van der Waals surface area (Å²) in [6.07, 6.45) is -4.71. The van der Waals surface area contributed by atoms with Gasteiger partial charge in [0.05, 0.1) is 6.42 Å². The molecule has 24 heavy (non-hydrogen) atoms. The van der Waals surface area contributed by atoms with E-state index in [4.69, 9.17) is 4.74 Å². The first kappa shape index (κ1) is 17.8. The molecule has 0 saturated carbocycles. The zero-order chi connectivity index (χ0) is 17.6. The maximum Gasteiger partial charge on any atom is 0.573 e. The first-order chi connectivity index (χ1) is 11.3. The minimum Gasteiger partial charge on any atom is -0.455 e. The molecule has 1 amide bonds. The number of anilines is 1. The van der Waals surface area contributed by atoms with E-state index in [0.29, 0.717) is 0 Å². The number of ether oxygens (including phenoxy) is 2. The molecule has 0 aliphatic carbocycles. The average Bonchev–Trinajstić information content (AvgIpc) is 2.99. The normalized spacial score (nSPS) is 11.0. The van der Waals surface area contributed by atoms with Gasteiger partial charge in [-0.1, -0.05) is 0 Å². The quantitative estimate of drug-likeness (QED) is 0.803. The number of hydrogen-bond acceptors (Lipinski definition) is 5. The number of rotatable bonds is 6. The van der Waals surface area contributed by atoms with E-state index in [1.807, 2.05) is 5.38 Å². The predicted octanol–water partition coefficient (Wildman–Crippen LogP) is 3.37. The molecule has 0 aliphatic heterocycles. The number of carbonyl (C=O) groups is 2. The second kappa shape index (κ2) is 7.82. The monoisotopic (exact) mass is 359 g/mol. The van der Waals surface area contributed by atoms with E-state index in [-0.39, 0.29) is 12.1 Å². The number of amides is 1. The fraction of sp³-hybridized carbons (Fsp3) is 0.200. The Morgan fingerprint density at radius 3 is 2.42 bits per heavy atom. The smallest absolute Gasteiger partial charge is 0.455 e. The van der Waals surface area contributed by atoms with Crippen LogP contribution in [0, 0.1) is 0 Å². The molecular formula is C15H12F3NO4S. The van der Waals surface area contributed by atoms with Crippen molar-refractivity contribution in [3.05, 3.63) is 46.7 Å². The third-order valence-electron chi connectivity index (χ3n) is 2.66. The van der Waals surface area contributed by atoms with Crippen LogP contribution in [0.1, 0.15) is 5.56 Å². The van der Waals surface area contributed by atoms with Gasteiger partial charge in [-0.2, -0.15) is 11.3 Å². The molecule has 0 bridgehead atoms. The molecule has 0 fully saturated rings. The van der Waals surface area contributed by atoms with E-state index in [2.05, 4.69) is 10.1 Å². The highest BCUT2D eigenvalue weighted by atomic mass is 32.1. The molecule has 2 rings (SSSR count). The van der Waals surface area contributed by atoms with Gasteiger partial charge in [-0.25, -0.2) is 0 Å². The number of halogens is 3. The molecule has 0 unspecified atom stereocenters. The van der Waals surface area contributed by atoms with E-state index in [1.165, 1.54) is 23.5 Å². The largest absolute Gasteiger partial charge is 0.573 e. The first-order valence-electron chi connectivity index (χ1n) is 6.64. The summed E-state index contributed by atoms with van der Waals surface area (Å²) in [6.45, 7) is -0.482. The van der Waals surface area contributed by atoms with Crippen LogP contribution < -0.4 is 10.1 Å². The lowest BCUT2D eigenvalue weighted by Gasteiger charge is -2.10. The number of hydrogen-bond donors (Lipinski definition) is 1. The van der Waals surface area contributed by atoms with E-state index >= 15 is 0 Å². The van der Waals surface area contributed by atoms with Crippen molar-refractivity contribution in [1.29, 1.82) is 0 Å². The van der Waals surface area contributed by atoms with Gasteiger partial charge < -0.3 is 14.8 Å². The van der Waals surface area contributed by atoms with Gasteiger partial charge in [-0.15, -0.1) is 13.2 Å². The van der Waals surface area contributed by atoms with Crippen molar-refractivity contribution >= 4 is 28.9 Å². The molecular weight excluding hydrogens is 347 g/mol. The first-order valence-corrected chi connectivity index (χ1v) is 7.58. The molecule has 0 radical (unpaired) electrons. The second-order valence-electron chi connectivity index (χ2n) is 4.59. The molecule has 1 heterocycles. The van der Waals surface area contributed by atoms with E-state index in [1.54, 1.807) is 11.4 Å². The average molecular weight is 359 g/mol. The van der Waals surface area contributed by atoms with Crippen LogP contribution >= 0.6 is 11.3 Å². The zero-order valence-electron chi connectivity index (χ0n) is 12.1. The minimum atomic E-state index is -4.78. The van der Waals surface area contributed by atoms with Crippen LogP contribution in [0.3, 0.4) is 0 Å². The van der Waals surface area contributed by atoms with E-state index < -0.39 is 30.6 Å². The zero-order valence-corrected chi connectivity index (χ0v) is 12.9. The molecule has 0 aliphatic rings. The maximum absolute atomic E-state index is 12.0. The molecule has 9 heteroatoms. The van der Waals surface area contributed by atoms with Gasteiger partial charge in [0.1, 0.15) is 5.75 Å². The molecule has 0 saturated heterocycles. The van der Waals surface area contributed by atoms with Crippen LogP contribution in [0.2, 0.25) is 0 Å². The highest BCUT2D eigenvalue weighted by Crippen LogP contribution is 2.23. The van der Waals surface area contributed by atoms with Crippen LogP contribution in [-0.4, -0.2) is 24.8 Å². The fourth-order valence-electron chi connectivity index (χ4n) is 1.69. The van der Waals surface area contributed by atoms with Gasteiger partial charge in [0.25, 0.3) is 5.91 Å². The minimum absolute atomic E-state index is 0.0697. The molecule has 0 atom stereocenters. The Morgan fingerprint density at radius 2 is 1.83 bits per heavy atom. The summed E-state index contributed by atoms with van der Waals surface area (Å²) in [4.78, 5) is 23.2.